The molecular formula is C14H18FN3O4. The molecule has 7 nitrogen and oxygen atoms in total. The molecule has 1 unspecified atom stereocenters. The predicted octanol–water partition coefficient (Wildman–Crippen LogP) is 1.23. The number of nitrogens with zero attached hydrogens (tertiary/aromatic N) is 1. The van der Waals surface area contributed by atoms with Crippen molar-refractivity contribution in [2.75, 3.05) is 26.8 Å². The molecule has 0 spiro atoms. The van der Waals surface area contributed by atoms with Gasteiger partial charge in [-0.25, -0.2) is 4.39 Å². The van der Waals surface area contributed by atoms with E-state index >= 15 is 0 Å². The Kier molecular flexibility index (Phi) is 5.04. The highest BCUT2D eigenvalue weighted by Crippen LogP contribution is 2.21. The molecule has 1 aromatic carbocycles. The molecule has 0 bridgehead atoms. The second-order valence-corrected chi connectivity index (χ2v) is 5.34. The fourth-order valence-corrected chi connectivity index (χ4v) is 2.66. The highest BCUT2D eigenvalue weighted by molar-refractivity contribution is 5.98. The van der Waals surface area contributed by atoms with E-state index < -0.39 is 22.3 Å². The van der Waals surface area contributed by atoms with E-state index in [1.807, 2.05) is 0 Å². The summed E-state index contributed by atoms with van der Waals surface area (Å²) in [5.41, 5.74) is -1.08. The Morgan fingerprint density at radius 2 is 2.36 bits per heavy atom. The van der Waals surface area contributed by atoms with Crippen molar-refractivity contribution in [2.24, 2.45) is 0 Å². The van der Waals surface area contributed by atoms with Crippen molar-refractivity contribution in [3.05, 3.63) is 39.7 Å². The van der Waals surface area contributed by atoms with Crippen LogP contribution in [-0.2, 0) is 4.74 Å². The Morgan fingerprint density at radius 3 is 2.95 bits per heavy atom. The van der Waals surface area contributed by atoms with Gasteiger partial charge in [-0.05, 0) is 31.5 Å². The summed E-state index contributed by atoms with van der Waals surface area (Å²) in [6, 6.07) is 2.82. The minimum absolute atomic E-state index is 0.257. The van der Waals surface area contributed by atoms with Crippen molar-refractivity contribution >= 4 is 11.6 Å². The number of carbonyl (C=O) groups excluding carboxylic acids is 1. The zero-order valence-electron chi connectivity index (χ0n) is 12.2. The highest BCUT2D eigenvalue weighted by Gasteiger charge is 2.34. The Labute approximate surface area is 127 Å². The molecular weight excluding hydrogens is 293 g/mol. The molecule has 120 valence electrons. The number of amides is 1. The lowest BCUT2D eigenvalue weighted by Gasteiger charge is -2.28. The van der Waals surface area contributed by atoms with Crippen LogP contribution < -0.4 is 10.6 Å². The maximum atomic E-state index is 13.3. The van der Waals surface area contributed by atoms with Crippen LogP contribution in [0.2, 0.25) is 0 Å². The third-order valence-corrected chi connectivity index (χ3v) is 3.74. The summed E-state index contributed by atoms with van der Waals surface area (Å²) in [4.78, 5) is 22.4. The molecule has 1 saturated heterocycles. The van der Waals surface area contributed by atoms with Gasteiger partial charge in [0, 0.05) is 19.7 Å². The van der Waals surface area contributed by atoms with E-state index in [1.165, 1.54) is 0 Å². The SMILES string of the molecule is COCC1(CNC(=O)c2cc(F)ccc2[N+](=O)[O-])CCCN1. The molecule has 8 heteroatoms. The minimum Gasteiger partial charge on any atom is -0.383 e. The summed E-state index contributed by atoms with van der Waals surface area (Å²) in [6.07, 6.45) is 1.78. The van der Waals surface area contributed by atoms with E-state index in [1.54, 1.807) is 7.11 Å². The van der Waals surface area contributed by atoms with Crippen LogP contribution >= 0.6 is 0 Å². The number of rotatable bonds is 6. The van der Waals surface area contributed by atoms with Crippen LogP contribution in [0, 0.1) is 15.9 Å². The molecule has 1 aromatic rings. The van der Waals surface area contributed by atoms with Gasteiger partial charge in [-0.15, -0.1) is 0 Å². The van der Waals surface area contributed by atoms with E-state index in [-0.39, 0.29) is 17.6 Å². The Bertz CT molecular complexity index is 573. The summed E-state index contributed by atoms with van der Waals surface area (Å²) >= 11 is 0. The Morgan fingerprint density at radius 1 is 1.59 bits per heavy atom. The van der Waals surface area contributed by atoms with E-state index in [2.05, 4.69) is 10.6 Å². The molecule has 1 aliphatic rings. The van der Waals surface area contributed by atoms with Crippen LogP contribution in [0.4, 0.5) is 10.1 Å². The summed E-state index contributed by atoms with van der Waals surface area (Å²) in [5, 5.41) is 16.8. The fourth-order valence-electron chi connectivity index (χ4n) is 2.66. The molecule has 0 aromatic heterocycles. The first kappa shape index (κ1) is 16.3. The van der Waals surface area contributed by atoms with Gasteiger partial charge in [-0.2, -0.15) is 0 Å². The van der Waals surface area contributed by atoms with E-state index in [4.69, 9.17) is 4.74 Å². The third-order valence-electron chi connectivity index (χ3n) is 3.74. The van der Waals surface area contributed by atoms with Gasteiger partial charge in [-0.3, -0.25) is 14.9 Å². The number of ether oxygens (including phenoxy) is 1. The molecule has 1 heterocycles. The first-order valence-electron chi connectivity index (χ1n) is 6.93. The number of nitrogens with one attached hydrogen (secondary N) is 2. The van der Waals surface area contributed by atoms with Crippen LogP contribution in [-0.4, -0.2) is 43.2 Å². The molecule has 0 radical (unpaired) electrons. The lowest BCUT2D eigenvalue weighted by molar-refractivity contribution is -0.385. The third kappa shape index (κ3) is 3.58. The maximum absolute atomic E-state index is 13.3. The van der Waals surface area contributed by atoms with E-state index in [9.17, 15) is 19.3 Å². The van der Waals surface area contributed by atoms with Crippen LogP contribution in [0.5, 0.6) is 0 Å². The number of nitro groups is 1. The predicted molar refractivity (Wildman–Crippen MR) is 77.2 cm³/mol. The van der Waals surface area contributed by atoms with Gasteiger partial charge in [0.1, 0.15) is 11.4 Å². The van der Waals surface area contributed by atoms with E-state index in [0.29, 0.717) is 6.61 Å². The lowest BCUT2D eigenvalue weighted by Crippen LogP contribution is -2.53. The molecule has 1 fully saturated rings. The largest absolute Gasteiger partial charge is 0.383 e. The molecule has 2 rings (SSSR count). The minimum atomic E-state index is -0.701. The monoisotopic (exact) mass is 311 g/mol. The normalized spacial score (nSPS) is 20.8. The molecule has 22 heavy (non-hydrogen) atoms. The topological polar surface area (TPSA) is 93.5 Å². The lowest BCUT2D eigenvalue weighted by atomic mass is 9.98. The second kappa shape index (κ2) is 6.80. The van der Waals surface area contributed by atoms with Crippen LogP contribution in [0.3, 0.4) is 0 Å². The molecule has 0 aliphatic carbocycles. The number of carbonyl (C=O) groups is 1. The van der Waals surface area contributed by atoms with Gasteiger partial charge in [0.05, 0.1) is 17.1 Å². The smallest absolute Gasteiger partial charge is 0.282 e. The van der Waals surface area contributed by atoms with Crippen LogP contribution in [0.25, 0.3) is 0 Å². The van der Waals surface area contributed by atoms with Crippen LogP contribution in [0.1, 0.15) is 23.2 Å². The van der Waals surface area contributed by atoms with Crippen molar-refractivity contribution in [2.45, 2.75) is 18.4 Å². The van der Waals surface area contributed by atoms with Gasteiger partial charge in [0.2, 0.25) is 0 Å². The average molecular weight is 311 g/mol. The fraction of sp³-hybridized carbons (Fsp3) is 0.500. The van der Waals surface area contributed by atoms with Crippen LogP contribution in [0.15, 0.2) is 18.2 Å². The van der Waals surface area contributed by atoms with Crippen molar-refractivity contribution in [3.8, 4) is 0 Å². The van der Waals surface area contributed by atoms with Gasteiger partial charge in [0.15, 0.2) is 0 Å². The second-order valence-electron chi connectivity index (χ2n) is 5.34. The summed E-state index contributed by atoms with van der Waals surface area (Å²) in [6.45, 7) is 1.49. The number of hydrogen-bond donors (Lipinski definition) is 2. The molecule has 1 amide bonds. The van der Waals surface area contributed by atoms with Gasteiger partial charge in [-0.1, -0.05) is 0 Å². The van der Waals surface area contributed by atoms with E-state index in [0.717, 1.165) is 37.6 Å². The van der Waals surface area contributed by atoms with Gasteiger partial charge >= 0.3 is 0 Å². The van der Waals surface area contributed by atoms with Crippen molar-refractivity contribution < 1.29 is 18.8 Å². The first-order valence-corrected chi connectivity index (χ1v) is 6.93. The number of hydrogen-bond acceptors (Lipinski definition) is 5. The number of benzene rings is 1. The zero-order chi connectivity index (χ0) is 16.2. The summed E-state index contributed by atoms with van der Waals surface area (Å²) < 4.78 is 18.4. The summed E-state index contributed by atoms with van der Waals surface area (Å²) in [7, 11) is 1.57. The first-order chi connectivity index (χ1) is 10.5. The molecule has 0 saturated carbocycles. The summed E-state index contributed by atoms with van der Waals surface area (Å²) in [5.74, 6) is -1.36. The van der Waals surface area contributed by atoms with Crippen molar-refractivity contribution in [1.82, 2.24) is 10.6 Å². The van der Waals surface area contributed by atoms with Crippen molar-refractivity contribution in [3.63, 3.8) is 0 Å². The zero-order valence-corrected chi connectivity index (χ0v) is 12.2. The Hall–Kier alpha value is -2.06. The van der Waals surface area contributed by atoms with Crippen molar-refractivity contribution in [1.29, 1.82) is 0 Å². The molecule has 2 N–H and O–H groups in total. The molecule has 1 aliphatic heterocycles. The van der Waals surface area contributed by atoms with Gasteiger partial charge in [0.25, 0.3) is 11.6 Å². The molecule has 1 atom stereocenters. The number of halogens is 1. The maximum Gasteiger partial charge on any atom is 0.282 e. The van der Waals surface area contributed by atoms with Gasteiger partial charge < -0.3 is 15.4 Å². The highest BCUT2D eigenvalue weighted by atomic mass is 19.1. The number of methoxy groups -OCH3 is 1. The number of nitro benzene ring substituents is 1. The standard InChI is InChI=1S/C14H18FN3O4/c1-22-9-14(5-2-6-17-14)8-16-13(19)11-7-10(15)3-4-12(11)18(20)21/h3-4,7,17H,2,5-6,8-9H2,1H3,(H,16,19). The average Bonchev–Trinajstić information content (AvgIpc) is 2.94. The Balaban J connectivity index is 2.12. The quantitative estimate of drug-likeness (QED) is 0.609.